The van der Waals surface area contributed by atoms with Crippen molar-refractivity contribution in [1.82, 2.24) is 9.97 Å². The molecular weight excluding hydrogens is 156 g/mol. The second kappa shape index (κ2) is 3.90. The number of aromatic amines is 1. The van der Waals surface area contributed by atoms with Crippen LogP contribution in [0.4, 0.5) is 0 Å². The van der Waals surface area contributed by atoms with Crippen LogP contribution in [0.1, 0.15) is 7.12 Å². The quantitative estimate of drug-likeness (QED) is 0.492. The van der Waals surface area contributed by atoms with Crippen molar-refractivity contribution in [2.75, 3.05) is 0 Å². The Bertz CT molecular complexity index is 202. The van der Waals surface area contributed by atoms with Crippen LogP contribution in [0.25, 0.3) is 0 Å². The fraction of sp³-hybridized carbons (Fsp3) is 0.200. The van der Waals surface area contributed by atoms with E-state index in [0.717, 1.165) is 0 Å². The number of carboxylic acid groups (broad SMARTS) is 1. The first-order chi connectivity index (χ1) is 4.29. The van der Waals surface area contributed by atoms with E-state index >= 15 is 0 Å². The summed E-state index contributed by atoms with van der Waals surface area (Å²) in [7, 11) is 0. The number of hydrogen-bond donors (Lipinski definition) is 2. The number of nitrogens with zero attached hydrogens (tertiary/aromatic N) is 1. The van der Waals surface area contributed by atoms with Gasteiger partial charge in [-0.3, -0.25) is 4.79 Å². The van der Waals surface area contributed by atoms with E-state index in [1.54, 1.807) is 0 Å². The molecule has 0 spiro atoms. The molecule has 0 radical (unpaired) electrons. The highest BCUT2D eigenvalue weighted by molar-refractivity contribution is 5.69. The number of H-pyrrole nitrogens is 1. The molecule has 2 N–H and O–H groups in total. The highest BCUT2D eigenvalue weighted by Gasteiger charge is 1.98. The Morgan fingerprint density at radius 1 is 1.90 bits per heavy atom. The Morgan fingerprint density at radius 2 is 2.60 bits per heavy atom. The first-order valence-electron chi connectivity index (χ1n) is 2.48. The molecule has 0 aliphatic heterocycles. The lowest BCUT2D eigenvalue weighted by atomic mass is 10.3. The molecule has 10 heavy (non-hydrogen) atoms. The maximum atomic E-state index is 10.0. The van der Waals surface area contributed by atoms with Crippen molar-refractivity contribution < 1.29 is 23.7 Å². The van der Waals surface area contributed by atoms with Crippen LogP contribution in [-0.4, -0.2) is 21.0 Å². The summed E-state index contributed by atoms with van der Waals surface area (Å²) in [6, 6.07) is 0. The standard InChI is InChI=1S/C5H6N2O2.ClH/c8-5(9)1-4-2-6-3-7-4;/h2-3H,1H2,(H,6,7)(H,8,9);1H. The van der Waals surface area contributed by atoms with E-state index in [2.05, 4.69) is 9.97 Å². The molecule has 0 aliphatic rings. The van der Waals surface area contributed by atoms with Gasteiger partial charge in [0.15, 0.2) is 0 Å². The molecule has 1 rings (SSSR count). The average Bonchev–Trinajstić information content (AvgIpc) is 2.15. The summed E-state index contributed by atoms with van der Waals surface area (Å²) in [6.45, 7) is 0. The minimum atomic E-state index is -0.848. The van der Waals surface area contributed by atoms with Gasteiger partial charge in [-0.25, -0.2) is 4.98 Å². The Balaban J connectivity index is 0. The summed E-state index contributed by atoms with van der Waals surface area (Å²) in [4.78, 5) is 16.4. The Kier molecular flexibility index (Phi) is 3.49. The van der Waals surface area contributed by atoms with Crippen molar-refractivity contribution >= 4 is 5.97 Å². The minimum absolute atomic E-state index is 0. The van der Waals surface area contributed by atoms with E-state index < -0.39 is 5.97 Å². The molecule has 0 amide bonds. The summed E-state index contributed by atoms with van der Waals surface area (Å²) >= 11 is 0. The molecule has 0 aliphatic carbocycles. The zero-order valence-electron chi connectivity index (χ0n) is 6.04. The van der Waals surface area contributed by atoms with Gasteiger partial charge >= 0.3 is 7.40 Å². The van der Waals surface area contributed by atoms with Gasteiger partial charge in [-0.1, -0.05) is 0 Å². The molecule has 0 saturated carbocycles. The van der Waals surface area contributed by atoms with Crippen molar-refractivity contribution in [2.45, 2.75) is 6.42 Å². The van der Waals surface area contributed by atoms with Gasteiger partial charge in [0.1, 0.15) is 0 Å². The lowest BCUT2D eigenvalue weighted by Crippen LogP contribution is -3.00. The second-order valence-electron chi connectivity index (χ2n) is 1.65. The molecule has 0 unspecified atom stereocenters. The third kappa shape index (κ3) is 2.50. The number of aliphatic carboxylic acids is 1. The number of rotatable bonds is 2. The zero-order valence-corrected chi connectivity index (χ0v) is 5.80. The van der Waals surface area contributed by atoms with Gasteiger partial charge in [-0.05, 0) is 0 Å². The molecule has 1 aromatic heterocycles. The molecule has 0 fully saturated rings. The van der Waals surface area contributed by atoms with Gasteiger partial charge in [-0.15, -0.1) is 0 Å². The summed E-state index contributed by atoms with van der Waals surface area (Å²) in [5, 5.41) is 8.24. The van der Waals surface area contributed by atoms with Crippen LogP contribution in [0, 0.1) is 0 Å². The number of imidazole rings is 1. The lowest BCUT2D eigenvalue weighted by Gasteiger charge is -1.85. The molecule has 0 bridgehead atoms. The second-order valence-corrected chi connectivity index (χ2v) is 1.65. The van der Waals surface area contributed by atoms with Crippen LogP contribution in [0.5, 0.6) is 0 Å². The maximum absolute atomic E-state index is 10.0. The summed E-state index contributed by atoms with van der Waals surface area (Å²) in [5.74, 6) is -0.848. The number of aromatic nitrogens is 2. The van der Waals surface area contributed by atoms with Crippen molar-refractivity contribution in [1.29, 1.82) is 0 Å². The van der Waals surface area contributed by atoms with Crippen LogP contribution in [-0.2, 0) is 11.2 Å². The van der Waals surface area contributed by atoms with E-state index in [1.807, 2.05) is 0 Å². The molecule has 0 atom stereocenters. The average molecular weight is 163 g/mol. The molecule has 1 heterocycles. The molecule has 4 nitrogen and oxygen atoms in total. The molecule has 1 aromatic rings. The van der Waals surface area contributed by atoms with Gasteiger partial charge in [0.2, 0.25) is 0 Å². The summed E-state index contributed by atoms with van der Waals surface area (Å²) in [5.41, 5.74) is 0.627. The van der Waals surface area contributed by atoms with E-state index in [1.165, 1.54) is 12.5 Å². The number of nitrogens with one attached hydrogen (secondary N) is 1. The van der Waals surface area contributed by atoms with Crippen LogP contribution < -0.4 is 12.4 Å². The molecule has 0 saturated heterocycles. The molecule has 0 aromatic carbocycles. The van der Waals surface area contributed by atoms with Crippen LogP contribution >= 0.6 is 0 Å². The minimum Gasteiger partial charge on any atom is -1.00 e. The number of hydrogen-bond acceptors (Lipinski definition) is 2. The van der Waals surface area contributed by atoms with Gasteiger partial charge in [0.25, 0.3) is 0 Å². The van der Waals surface area contributed by atoms with Crippen molar-refractivity contribution in [3.05, 3.63) is 18.2 Å². The molecule has 5 heteroatoms. The number of carbonyl (C=O) groups is 1. The summed E-state index contributed by atoms with van der Waals surface area (Å²) < 4.78 is 0. The SMILES string of the molecule is O=C(O)Cc1cnc[nH]1.[Cl-].[H+]. The van der Waals surface area contributed by atoms with Crippen LogP contribution in [0.15, 0.2) is 12.5 Å². The first-order valence-corrected chi connectivity index (χ1v) is 2.48. The third-order valence-electron chi connectivity index (χ3n) is 0.897. The largest absolute Gasteiger partial charge is 1.00 e. The predicted molar refractivity (Wildman–Crippen MR) is 31.0 cm³/mol. The number of halogens is 1. The Morgan fingerprint density at radius 3 is 3.00 bits per heavy atom. The topological polar surface area (TPSA) is 66.0 Å². The Hall–Kier alpha value is -1.03. The van der Waals surface area contributed by atoms with Crippen molar-refractivity contribution in [2.24, 2.45) is 0 Å². The molecular formula is C5H7ClN2O2. The van der Waals surface area contributed by atoms with E-state index in [4.69, 9.17) is 5.11 Å². The van der Waals surface area contributed by atoms with Crippen molar-refractivity contribution in [3.8, 4) is 0 Å². The van der Waals surface area contributed by atoms with E-state index in [-0.39, 0.29) is 20.3 Å². The third-order valence-corrected chi connectivity index (χ3v) is 0.897. The van der Waals surface area contributed by atoms with Gasteiger partial charge in [-0.2, -0.15) is 0 Å². The van der Waals surface area contributed by atoms with Gasteiger partial charge in [0, 0.05) is 11.9 Å². The molecule has 56 valence electrons. The van der Waals surface area contributed by atoms with Gasteiger partial charge in [0.05, 0.1) is 12.7 Å². The maximum Gasteiger partial charge on any atom is 1.00 e. The summed E-state index contributed by atoms with van der Waals surface area (Å²) in [6.07, 6.45) is 2.96. The van der Waals surface area contributed by atoms with E-state index in [0.29, 0.717) is 5.69 Å². The highest BCUT2D eigenvalue weighted by Crippen LogP contribution is 1.90. The smallest absolute Gasteiger partial charge is 1.00 e. The fourth-order valence-electron chi connectivity index (χ4n) is 0.544. The zero-order chi connectivity index (χ0) is 6.69. The Labute approximate surface area is 65.2 Å². The monoisotopic (exact) mass is 162 g/mol. The highest BCUT2D eigenvalue weighted by atomic mass is 35.5. The van der Waals surface area contributed by atoms with Gasteiger partial charge < -0.3 is 22.5 Å². The normalized spacial score (nSPS) is 8.40. The predicted octanol–water partition coefficient (Wildman–Crippen LogP) is -2.85. The van der Waals surface area contributed by atoms with Crippen LogP contribution in [0.2, 0.25) is 0 Å². The van der Waals surface area contributed by atoms with E-state index in [9.17, 15) is 4.79 Å². The number of carboxylic acids is 1. The first kappa shape index (κ1) is 8.97. The fourth-order valence-corrected chi connectivity index (χ4v) is 0.544. The van der Waals surface area contributed by atoms with Crippen LogP contribution in [0.3, 0.4) is 0 Å². The lowest BCUT2D eigenvalue weighted by molar-refractivity contribution is -0.136. The van der Waals surface area contributed by atoms with Crippen molar-refractivity contribution in [3.63, 3.8) is 0 Å².